The smallest absolute Gasteiger partial charge is 0.264 e. The van der Waals surface area contributed by atoms with Crippen molar-refractivity contribution in [3.05, 3.63) is 91.9 Å². The average molecular weight is 700 g/mol. The standard InChI is InChI=1S/C32H35Cl4N3O4S/c1-3-30(32(41)37-26-7-5-4-6-8-26)38(19-22-11-12-23(33)18-29(22)36)31(40)20-39(27-16-24(34)15-25(35)17-27)44(42,43)28-13-9-21(2)10-14-28/h9-18,26,30H,3-8,19-20H2,1-2H3,(H,37,41)/t30-/m0/s1. The molecule has 0 unspecified atom stereocenters. The molecule has 0 heterocycles. The third-order valence-electron chi connectivity index (χ3n) is 7.72. The van der Waals surface area contributed by atoms with Crippen LogP contribution in [0.4, 0.5) is 5.69 Å². The van der Waals surface area contributed by atoms with Crippen LogP contribution in [-0.2, 0) is 26.2 Å². The lowest BCUT2D eigenvalue weighted by Crippen LogP contribution is -2.54. The van der Waals surface area contributed by atoms with Crippen molar-refractivity contribution in [2.75, 3.05) is 10.8 Å². The average Bonchev–Trinajstić information content (AvgIpc) is 2.97. The summed E-state index contributed by atoms with van der Waals surface area (Å²) in [6.07, 6.45) is 5.22. The number of aryl methyl sites for hydroxylation is 1. The Morgan fingerprint density at radius 3 is 2.11 bits per heavy atom. The second-order valence-electron chi connectivity index (χ2n) is 11.0. The van der Waals surface area contributed by atoms with Gasteiger partial charge in [0, 0.05) is 32.7 Å². The molecule has 4 rings (SSSR count). The van der Waals surface area contributed by atoms with Gasteiger partial charge in [-0.2, -0.15) is 0 Å². The number of hydrogen-bond donors (Lipinski definition) is 1. The van der Waals surface area contributed by atoms with Gasteiger partial charge < -0.3 is 10.2 Å². The second kappa shape index (κ2) is 15.2. The first-order chi connectivity index (χ1) is 20.9. The third-order valence-corrected chi connectivity index (χ3v) is 10.5. The summed E-state index contributed by atoms with van der Waals surface area (Å²) >= 11 is 25.2. The molecule has 2 amide bonds. The van der Waals surface area contributed by atoms with Crippen LogP contribution < -0.4 is 9.62 Å². The second-order valence-corrected chi connectivity index (χ2v) is 14.6. The molecule has 44 heavy (non-hydrogen) atoms. The van der Waals surface area contributed by atoms with Crippen molar-refractivity contribution in [2.45, 2.75) is 75.9 Å². The van der Waals surface area contributed by atoms with Gasteiger partial charge in [0.25, 0.3) is 10.0 Å². The number of nitrogens with zero attached hydrogens (tertiary/aromatic N) is 2. The molecule has 1 N–H and O–H groups in total. The van der Waals surface area contributed by atoms with Gasteiger partial charge in [-0.05, 0) is 74.2 Å². The minimum Gasteiger partial charge on any atom is -0.352 e. The predicted molar refractivity (Wildman–Crippen MR) is 178 cm³/mol. The highest BCUT2D eigenvalue weighted by Crippen LogP contribution is 2.31. The fraction of sp³-hybridized carbons (Fsp3) is 0.375. The number of rotatable bonds is 11. The Hall–Kier alpha value is -2.49. The summed E-state index contributed by atoms with van der Waals surface area (Å²) in [6, 6.07) is 14.7. The molecule has 1 fully saturated rings. The van der Waals surface area contributed by atoms with E-state index in [9.17, 15) is 18.0 Å². The van der Waals surface area contributed by atoms with Crippen molar-refractivity contribution >= 4 is 73.9 Å². The Bertz CT molecular complexity index is 1580. The van der Waals surface area contributed by atoms with Crippen LogP contribution in [0.1, 0.15) is 56.6 Å². The molecule has 3 aromatic rings. The number of nitrogens with one attached hydrogen (secondary N) is 1. The molecule has 0 aliphatic heterocycles. The van der Waals surface area contributed by atoms with E-state index in [1.165, 1.54) is 35.2 Å². The number of benzene rings is 3. The van der Waals surface area contributed by atoms with Crippen LogP contribution >= 0.6 is 46.4 Å². The molecular formula is C32H35Cl4N3O4S. The molecule has 0 spiro atoms. The van der Waals surface area contributed by atoms with E-state index in [1.807, 2.05) is 13.8 Å². The maximum atomic E-state index is 14.3. The van der Waals surface area contributed by atoms with Gasteiger partial charge in [0.05, 0.1) is 10.6 Å². The highest BCUT2D eigenvalue weighted by atomic mass is 35.5. The number of halogens is 4. The Morgan fingerprint density at radius 1 is 0.886 bits per heavy atom. The van der Waals surface area contributed by atoms with Gasteiger partial charge in [0.15, 0.2) is 0 Å². The number of carbonyl (C=O) groups is 2. The lowest BCUT2D eigenvalue weighted by Gasteiger charge is -2.34. The highest BCUT2D eigenvalue weighted by molar-refractivity contribution is 7.92. The van der Waals surface area contributed by atoms with Gasteiger partial charge >= 0.3 is 0 Å². The quantitative estimate of drug-likeness (QED) is 0.220. The zero-order chi connectivity index (χ0) is 32.0. The molecule has 1 aliphatic carbocycles. The van der Waals surface area contributed by atoms with E-state index in [2.05, 4.69) is 5.32 Å². The number of sulfonamides is 1. The zero-order valence-corrected chi connectivity index (χ0v) is 28.4. The summed E-state index contributed by atoms with van der Waals surface area (Å²) in [5, 5.41) is 4.27. The largest absolute Gasteiger partial charge is 0.352 e. The lowest BCUT2D eigenvalue weighted by molar-refractivity contribution is -0.140. The van der Waals surface area contributed by atoms with Crippen LogP contribution in [-0.4, -0.2) is 43.8 Å². The maximum absolute atomic E-state index is 14.3. The van der Waals surface area contributed by atoms with Gasteiger partial charge in [0.1, 0.15) is 12.6 Å². The minimum absolute atomic E-state index is 0.0126. The van der Waals surface area contributed by atoms with Crippen LogP contribution in [0.2, 0.25) is 20.1 Å². The maximum Gasteiger partial charge on any atom is 0.264 e. The third kappa shape index (κ3) is 8.61. The summed E-state index contributed by atoms with van der Waals surface area (Å²) in [5.41, 5.74) is 1.55. The van der Waals surface area contributed by atoms with E-state index in [0.29, 0.717) is 22.0 Å². The van der Waals surface area contributed by atoms with Crippen molar-refractivity contribution in [1.82, 2.24) is 10.2 Å². The van der Waals surface area contributed by atoms with Crippen molar-refractivity contribution in [2.24, 2.45) is 0 Å². The Kier molecular flexibility index (Phi) is 11.9. The number of anilines is 1. The molecule has 12 heteroatoms. The number of amides is 2. The van der Waals surface area contributed by atoms with Crippen molar-refractivity contribution in [1.29, 1.82) is 0 Å². The summed E-state index contributed by atoms with van der Waals surface area (Å²) in [6.45, 7) is 3.00. The van der Waals surface area contributed by atoms with Crippen LogP contribution in [0.3, 0.4) is 0 Å². The number of carbonyl (C=O) groups excluding carboxylic acids is 2. The van der Waals surface area contributed by atoms with Gasteiger partial charge in [0.2, 0.25) is 11.8 Å². The van der Waals surface area contributed by atoms with Gasteiger partial charge in [-0.25, -0.2) is 8.42 Å². The predicted octanol–water partition coefficient (Wildman–Crippen LogP) is 8.06. The lowest BCUT2D eigenvalue weighted by atomic mass is 9.95. The monoisotopic (exact) mass is 697 g/mol. The van der Waals surface area contributed by atoms with Gasteiger partial charge in [-0.1, -0.05) is 96.4 Å². The molecule has 0 radical (unpaired) electrons. The fourth-order valence-electron chi connectivity index (χ4n) is 5.35. The normalized spacial score (nSPS) is 14.6. The van der Waals surface area contributed by atoms with Crippen molar-refractivity contribution in [3.8, 4) is 0 Å². The minimum atomic E-state index is -4.27. The number of hydrogen-bond acceptors (Lipinski definition) is 4. The van der Waals surface area contributed by atoms with Gasteiger partial charge in [-0.15, -0.1) is 0 Å². The molecule has 0 bridgehead atoms. The summed E-state index contributed by atoms with van der Waals surface area (Å²) in [5.74, 6) is -0.898. The first-order valence-corrected chi connectivity index (χ1v) is 17.4. The zero-order valence-electron chi connectivity index (χ0n) is 24.5. The van der Waals surface area contributed by atoms with E-state index in [-0.39, 0.29) is 39.1 Å². The van der Waals surface area contributed by atoms with Crippen LogP contribution in [0.5, 0.6) is 0 Å². The summed E-state index contributed by atoms with van der Waals surface area (Å²) < 4.78 is 29.1. The van der Waals surface area contributed by atoms with E-state index in [4.69, 9.17) is 46.4 Å². The van der Waals surface area contributed by atoms with E-state index in [0.717, 1.165) is 42.0 Å². The fourth-order valence-corrected chi connectivity index (χ4v) is 7.73. The van der Waals surface area contributed by atoms with Gasteiger partial charge in [-0.3, -0.25) is 13.9 Å². The van der Waals surface area contributed by atoms with Crippen molar-refractivity contribution in [3.63, 3.8) is 0 Å². The highest BCUT2D eigenvalue weighted by Gasteiger charge is 2.35. The molecule has 1 atom stereocenters. The van der Waals surface area contributed by atoms with E-state index >= 15 is 0 Å². The van der Waals surface area contributed by atoms with E-state index < -0.39 is 28.5 Å². The Balaban J connectivity index is 1.75. The molecule has 1 aliphatic rings. The summed E-state index contributed by atoms with van der Waals surface area (Å²) in [7, 11) is -4.27. The summed E-state index contributed by atoms with van der Waals surface area (Å²) in [4.78, 5) is 29.4. The first kappa shape index (κ1) is 34.4. The van der Waals surface area contributed by atoms with Crippen LogP contribution in [0, 0.1) is 6.92 Å². The Morgan fingerprint density at radius 2 is 1.52 bits per heavy atom. The Labute approximate surface area is 279 Å². The van der Waals surface area contributed by atoms with Crippen molar-refractivity contribution < 1.29 is 18.0 Å². The molecule has 236 valence electrons. The molecular weight excluding hydrogens is 664 g/mol. The topological polar surface area (TPSA) is 86.8 Å². The molecule has 7 nitrogen and oxygen atoms in total. The van der Waals surface area contributed by atoms with Crippen LogP contribution in [0.15, 0.2) is 65.6 Å². The molecule has 0 aromatic heterocycles. The first-order valence-electron chi connectivity index (χ1n) is 14.5. The van der Waals surface area contributed by atoms with Crippen LogP contribution in [0.25, 0.3) is 0 Å². The molecule has 3 aromatic carbocycles. The SMILES string of the molecule is CC[C@@H](C(=O)NC1CCCCC1)N(Cc1ccc(Cl)cc1Cl)C(=O)CN(c1cc(Cl)cc(Cl)c1)S(=O)(=O)c1ccc(C)cc1. The molecule has 1 saturated carbocycles. The van der Waals surface area contributed by atoms with E-state index in [1.54, 1.807) is 30.3 Å². The molecule has 0 saturated heterocycles.